The maximum Gasteiger partial charge on any atom is 0.351 e. The molecule has 1 aliphatic heterocycles. The number of nitrogens with zero attached hydrogens (tertiary/aromatic N) is 1. The van der Waals surface area contributed by atoms with E-state index in [1.165, 1.54) is 13.8 Å². The summed E-state index contributed by atoms with van der Waals surface area (Å²) in [6.45, 7) is 2.89. The lowest BCUT2D eigenvalue weighted by Gasteiger charge is -2.30. The van der Waals surface area contributed by atoms with Gasteiger partial charge in [-0.3, -0.25) is 0 Å². The van der Waals surface area contributed by atoms with E-state index in [1.54, 1.807) is 18.2 Å². The topological polar surface area (TPSA) is 88.4 Å². The molecule has 1 aliphatic rings. The quantitative estimate of drug-likeness (QED) is 0.271. The van der Waals surface area contributed by atoms with Crippen LogP contribution >= 0.6 is 22.6 Å². The first-order chi connectivity index (χ1) is 9.84. The Kier molecular flexibility index (Phi) is 4.18. The van der Waals surface area contributed by atoms with Gasteiger partial charge in [-0.2, -0.15) is 5.26 Å². The number of ether oxygens (including phenoxy) is 2. The summed E-state index contributed by atoms with van der Waals surface area (Å²) in [4.78, 5) is 23.8. The van der Waals surface area contributed by atoms with E-state index in [9.17, 15) is 14.9 Å². The molecule has 7 heteroatoms. The molecule has 0 spiro atoms. The van der Waals surface area contributed by atoms with Crippen LogP contribution in [0.4, 0.5) is 5.69 Å². The number of halogens is 1. The van der Waals surface area contributed by atoms with Gasteiger partial charge in [0.15, 0.2) is 5.57 Å². The number of hydrogen-bond donors (Lipinski definition) is 1. The zero-order chi connectivity index (χ0) is 15.6. The summed E-state index contributed by atoms with van der Waals surface area (Å²) in [5, 5.41) is 12.0. The number of carbonyl (C=O) groups excluding carboxylic acids is 2. The number of anilines is 1. The number of hydrogen-bond acceptors (Lipinski definition) is 6. The predicted octanol–water partition coefficient (Wildman–Crippen LogP) is 2.32. The molecule has 1 aromatic rings. The molecule has 0 saturated carbocycles. The molecule has 0 amide bonds. The average molecular weight is 398 g/mol. The van der Waals surface area contributed by atoms with Crippen LogP contribution in [0.15, 0.2) is 35.5 Å². The highest BCUT2D eigenvalue weighted by atomic mass is 127. The fraction of sp³-hybridized carbons (Fsp3) is 0.214. The zero-order valence-electron chi connectivity index (χ0n) is 11.3. The highest BCUT2D eigenvalue weighted by molar-refractivity contribution is 14.1. The third-order valence-corrected chi connectivity index (χ3v) is 3.52. The molecule has 0 atom stereocenters. The zero-order valence-corrected chi connectivity index (χ0v) is 13.4. The molecule has 108 valence electrons. The second-order valence-corrected chi connectivity index (χ2v) is 5.81. The minimum Gasteiger partial charge on any atom is -0.419 e. The second-order valence-electron chi connectivity index (χ2n) is 4.65. The second kappa shape index (κ2) is 5.73. The molecule has 1 fully saturated rings. The number of cyclic esters (lactones) is 2. The number of rotatable bonds is 2. The molecule has 1 N–H and O–H groups in total. The Hall–Kier alpha value is -2.08. The largest absolute Gasteiger partial charge is 0.419 e. The fourth-order valence-electron chi connectivity index (χ4n) is 1.70. The minimum absolute atomic E-state index is 0.204. The van der Waals surface area contributed by atoms with Crippen LogP contribution in [0, 0.1) is 14.9 Å². The van der Waals surface area contributed by atoms with Crippen molar-refractivity contribution in [2.24, 2.45) is 0 Å². The third kappa shape index (κ3) is 3.33. The van der Waals surface area contributed by atoms with Gasteiger partial charge in [-0.1, -0.05) is 12.1 Å². The summed E-state index contributed by atoms with van der Waals surface area (Å²) in [6, 6.07) is 8.95. The van der Waals surface area contributed by atoms with E-state index in [0.29, 0.717) is 5.69 Å². The highest BCUT2D eigenvalue weighted by Gasteiger charge is 2.41. The van der Waals surface area contributed by atoms with Crippen LogP contribution in [-0.4, -0.2) is 17.7 Å². The van der Waals surface area contributed by atoms with Crippen LogP contribution in [0.3, 0.4) is 0 Å². The molecule has 0 unspecified atom stereocenters. The van der Waals surface area contributed by atoms with E-state index in [1.807, 2.05) is 12.1 Å². The van der Waals surface area contributed by atoms with Crippen LogP contribution in [-0.2, 0) is 19.1 Å². The van der Waals surface area contributed by atoms with Crippen LogP contribution < -0.4 is 5.32 Å². The molecule has 0 bridgehead atoms. The summed E-state index contributed by atoms with van der Waals surface area (Å²) in [5.41, 5.74) is -0.0336. The first kappa shape index (κ1) is 15.3. The Morgan fingerprint density at radius 2 is 1.81 bits per heavy atom. The number of benzene rings is 1. The maximum atomic E-state index is 11.9. The van der Waals surface area contributed by atoms with Crippen LogP contribution in [0.1, 0.15) is 13.8 Å². The van der Waals surface area contributed by atoms with Gasteiger partial charge >= 0.3 is 11.9 Å². The van der Waals surface area contributed by atoms with Gasteiger partial charge < -0.3 is 14.8 Å². The van der Waals surface area contributed by atoms with Crippen LogP contribution in [0.2, 0.25) is 0 Å². The van der Waals surface area contributed by atoms with E-state index in [-0.39, 0.29) is 5.70 Å². The number of carbonyl (C=O) groups is 2. The van der Waals surface area contributed by atoms with Crippen molar-refractivity contribution in [3.8, 4) is 6.07 Å². The fourth-order valence-corrected chi connectivity index (χ4v) is 2.22. The Morgan fingerprint density at radius 1 is 1.24 bits per heavy atom. The Balaban J connectivity index is 2.40. The molecule has 0 aromatic heterocycles. The van der Waals surface area contributed by atoms with Gasteiger partial charge in [0.1, 0.15) is 11.8 Å². The van der Waals surface area contributed by atoms with E-state index in [0.717, 1.165) is 3.57 Å². The average Bonchev–Trinajstić information content (AvgIpc) is 2.37. The van der Waals surface area contributed by atoms with Crippen molar-refractivity contribution in [2.75, 3.05) is 5.32 Å². The molecular formula is C14H11IN2O4. The van der Waals surface area contributed by atoms with Gasteiger partial charge in [0.25, 0.3) is 5.79 Å². The summed E-state index contributed by atoms with van der Waals surface area (Å²) < 4.78 is 10.8. The smallest absolute Gasteiger partial charge is 0.351 e. The highest BCUT2D eigenvalue weighted by Crippen LogP contribution is 2.26. The number of nitrogens with one attached hydrogen (secondary N) is 1. The summed E-state index contributed by atoms with van der Waals surface area (Å²) in [7, 11) is 0. The summed E-state index contributed by atoms with van der Waals surface area (Å²) >= 11 is 2.07. The van der Waals surface area contributed by atoms with E-state index >= 15 is 0 Å². The predicted molar refractivity (Wildman–Crippen MR) is 81.7 cm³/mol. The first-order valence-corrected chi connectivity index (χ1v) is 7.04. The van der Waals surface area contributed by atoms with Crippen LogP contribution in [0.5, 0.6) is 0 Å². The molecule has 1 aromatic carbocycles. The Morgan fingerprint density at radius 3 is 2.33 bits per heavy atom. The molecule has 0 aliphatic carbocycles. The minimum atomic E-state index is -1.33. The van der Waals surface area contributed by atoms with Crippen molar-refractivity contribution in [1.82, 2.24) is 0 Å². The first-order valence-electron chi connectivity index (χ1n) is 5.96. The summed E-state index contributed by atoms with van der Waals surface area (Å²) in [6.07, 6.45) is 0. The standard InChI is InChI=1S/C14H11IN2O4/c1-14(2)20-12(18)11(13(19)21-14)10(7-16)17-9-6-4-3-5-8(9)15/h3-6,17H,1-2H3. The monoisotopic (exact) mass is 398 g/mol. The number of allylic oxidation sites excluding steroid dienone is 1. The van der Waals surface area contributed by atoms with Crippen LogP contribution in [0.25, 0.3) is 0 Å². The molecule has 2 rings (SSSR count). The Labute approximate surface area is 134 Å². The maximum absolute atomic E-state index is 11.9. The molecule has 6 nitrogen and oxygen atoms in total. The van der Waals surface area contributed by atoms with Crippen molar-refractivity contribution >= 4 is 40.2 Å². The van der Waals surface area contributed by atoms with Crippen molar-refractivity contribution < 1.29 is 19.1 Å². The van der Waals surface area contributed by atoms with Gasteiger partial charge in [0.05, 0.1) is 5.69 Å². The van der Waals surface area contributed by atoms with E-state index in [4.69, 9.17) is 9.47 Å². The normalized spacial score (nSPS) is 16.6. The van der Waals surface area contributed by atoms with E-state index < -0.39 is 23.3 Å². The van der Waals surface area contributed by atoms with Crippen molar-refractivity contribution in [1.29, 1.82) is 5.26 Å². The SMILES string of the molecule is CC1(C)OC(=O)C(=C(C#N)Nc2ccccc2I)C(=O)O1. The van der Waals surface area contributed by atoms with Gasteiger partial charge in [-0.15, -0.1) is 0 Å². The third-order valence-electron chi connectivity index (χ3n) is 2.58. The van der Waals surface area contributed by atoms with Gasteiger partial charge in [-0.25, -0.2) is 9.59 Å². The molecular weight excluding hydrogens is 387 g/mol. The number of nitriles is 1. The van der Waals surface area contributed by atoms with Gasteiger partial charge in [-0.05, 0) is 34.7 Å². The van der Waals surface area contributed by atoms with Crippen molar-refractivity contribution in [2.45, 2.75) is 19.6 Å². The number of para-hydroxylation sites is 1. The summed E-state index contributed by atoms with van der Waals surface area (Å²) in [5.74, 6) is -3.10. The lowest BCUT2D eigenvalue weighted by Crippen LogP contribution is -2.42. The van der Waals surface area contributed by atoms with E-state index in [2.05, 4.69) is 27.9 Å². The lowest BCUT2D eigenvalue weighted by molar-refractivity contribution is -0.222. The lowest BCUT2D eigenvalue weighted by atomic mass is 10.1. The molecule has 1 heterocycles. The number of esters is 2. The van der Waals surface area contributed by atoms with Gasteiger partial charge in [0, 0.05) is 17.4 Å². The van der Waals surface area contributed by atoms with Gasteiger partial charge in [0.2, 0.25) is 0 Å². The van der Waals surface area contributed by atoms with Crippen molar-refractivity contribution in [3.63, 3.8) is 0 Å². The molecule has 0 radical (unpaired) electrons. The molecule has 21 heavy (non-hydrogen) atoms. The van der Waals surface area contributed by atoms with Crippen molar-refractivity contribution in [3.05, 3.63) is 39.1 Å². The molecule has 1 saturated heterocycles. The Bertz CT molecular complexity index is 666.